The van der Waals surface area contributed by atoms with Crippen LogP contribution in [0.1, 0.15) is 6.42 Å². The van der Waals surface area contributed by atoms with E-state index >= 15 is 0 Å². The van der Waals surface area contributed by atoms with Gasteiger partial charge in [-0.3, -0.25) is 0 Å². The third kappa shape index (κ3) is 5.24. The SMILES string of the molecule is CNC1CCN(c2ncc(-c3ccc(-c4cnn(C)n4)cc3O)nn2)C1.Cl.Cl.Cl. The van der Waals surface area contributed by atoms with Gasteiger partial charge < -0.3 is 15.3 Å². The number of nitrogens with one attached hydrogen (secondary N) is 1. The zero-order valence-electron chi connectivity index (χ0n) is 15.9. The summed E-state index contributed by atoms with van der Waals surface area (Å²) in [4.78, 5) is 8.00. The highest BCUT2D eigenvalue weighted by Crippen LogP contribution is 2.31. The van der Waals surface area contributed by atoms with Crippen molar-refractivity contribution in [3.63, 3.8) is 0 Å². The van der Waals surface area contributed by atoms with Crippen LogP contribution in [0.15, 0.2) is 30.6 Å². The van der Waals surface area contributed by atoms with Gasteiger partial charge in [0, 0.05) is 37.3 Å². The molecule has 1 aliphatic rings. The molecule has 0 amide bonds. The van der Waals surface area contributed by atoms with Crippen LogP contribution in [0.2, 0.25) is 0 Å². The molecular formula is C17H23Cl3N8O. The van der Waals surface area contributed by atoms with Crippen LogP contribution in [0.4, 0.5) is 5.95 Å². The molecule has 0 spiro atoms. The first-order valence-electron chi connectivity index (χ1n) is 8.46. The quantitative estimate of drug-likeness (QED) is 0.608. The fourth-order valence-corrected chi connectivity index (χ4v) is 3.10. The molecule has 0 aliphatic carbocycles. The van der Waals surface area contributed by atoms with E-state index in [9.17, 15) is 5.11 Å². The first kappa shape index (κ1) is 24.8. The van der Waals surface area contributed by atoms with Gasteiger partial charge in [-0.15, -0.1) is 47.4 Å². The number of aromatic hydroxyl groups is 1. The Balaban J connectivity index is 0.00000140. The summed E-state index contributed by atoms with van der Waals surface area (Å²) in [6, 6.07) is 5.76. The summed E-state index contributed by atoms with van der Waals surface area (Å²) in [5, 5.41) is 30.4. The van der Waals surface area contributed by atoms with Gasteiger partial charge in [0.05, 0.1) is 12.4 Å². The van der Waals surface area contributed by atoms with E-state index in [4.69, 9.17) is 0 Å². The maximum absolute atomic E-state index is 10.4. The van der Waals surface area contributed by atoms with Crippen LogP contribution in [0.25, 0.3) is 22.5 Å². The molecule has 3 heterocycles. The molecule has 12 heteroatoms. The monoisotopic (exact) mass is 460 g/mol. The summed E-state index contributed by atoms with van der Waals surface area (Å²) in [5.74, 6) is 0.718. The van der Waals surface area contributed by atoms with Crippen LogP contribution in [0.5, 0.6) is 5.75 Å². The van der Waals surface area contributed by atoms with Crippen LogP contribution < -0.4 is 10.2 Å². The van der Waals surface area contributed by atoms with Crippen LogP contribution in [-0.2, 0) is 7.05 Å². The summed E-state index contributed by atoms with van der Waals surface area (Å²) in [5.41, 5.74) is 2.59. The molecule has 0 bridgehead atoms. The van der Waals surface area contributed by atoms with E-state index < -0.39 is 0 Å². The number of hydrogen-bond acceptors (Lipinski definition) is 8. The number of halogens is 3. The second kappa shape index (κ2) is 10.5. The third-order valence-electron chi connectivity index (χ3n) is 4.60. The maximum Gasteiger partial charge on any atom is 0.245 e. The Bertz CT molecular complexity index is 921. The van der Waals surface area contributed by atoms with Crippen molar-refractivity contribution in [1.29, 1.82) is 0 Å². The minimum absolute atomic E-state index is 0. The molecule has 1 fully saturated rings. The Morgan fingerprint density at radius 3 is 2.45 bits per heavy atom. The van der Waals surface area contributed by atoms with Gasteiger partial charge >= 0.3 is 0 Å². The fourth-order valence-electron chi connectivity index (χ4n) is 3.10. The summed E-state index contributed by atoms with van der Waals surface area (Å²) < 4.78 is 0. The predicted octanol–water partition coefficient (Wildman–Crippen LogP) is 2.10. The molecule has 1 atom stereocenters. The number of aryl methyl sites for hydroxylation is 1. The van der Waals surface area contributed by atoms with E-state index in [0.29, 0.717) is 28.9 Å². The molecule has 1 aromatic carbocycles. The minimum Gasteiger partial charge on any atom is -0.507 e. The summed E-state index contributed by atoms with van der Waals surface area (Å²) in [7, 11) is 3.71. The molecule has 3 aromatic rings. The molecule has 1 aliphatic heterocycles. The van der Waals surface area contributed by atoms with Crippen molar-refractivity contribution in [2.45, 2.75) is 12.5 Å². The molecule has 2 aromatic heterocycles. The Hall–Kier alpha value is -2.20. The van der Waals surface area contributed by atoms with Gasteiger partial charge in [0.15, 0.2) is 0 Å². The van der Waals surface area contributed by atoms with E-state index in [2.05, 4.69) is 35.6 Å². The van der Waals surface area contributed by atoms with Gasteiger partial charge in [0.2, 0.25) is 5.95 Å². The van der Waals surface area contributed by atoms with Crippen molar-refractivity contribution >= 4 is 43.2 Å². The number of hydrogen-bond donors (Lipinski definition) is 2. The standard InChI is InChI=1S/C17H20N8O.3ClH/c1-18-12-5-6-25(10-12)17-19-8-15(21-22-17)13-4-3-11(7-16(13)26)14-9-20-24(2)23-14;;;/h3-4,7-9,12,18,26H,5-6,10H2,1-2H3;3*1H. The van der Waals surface area contributed by atoms with Crippen molar-refractivity contribution in [2.75, 3.05) is 25.0 Å². The van der Waals surface area contributed by atoms with E-state index in [1.165, 1.54) is 4.80 Å². The Labute approximate surface area is 187 Å². The average molecular weight is 462 g/mol. The average Bonchev–Trinajstić information content (AvgIpc) is 3.31. The lowest BCUT2D eigenvalue weighted by Gasteiger charge is -2.15. The lowest BCUT2D eigenvalue weighted by atomic mass is 10.1. The van der Waals surface area contributed by atoms with E-state index in [-0.39, 0.29) is 43.0 Å². The highest BCUT2D eigenvalue weighted by molar-refractivity contribution is 5.86. The molecule has 4 rings (SSSR count). The summed E-state index contributed by atoms with van der Waals surface area (Å²) in [6.07, 6.45) is 4.36. The molecule has 1 saturated heterocycles. The van der Waals surface area contributed by atoms with E-state index in [0.717, 1.165) is 25.1 Å². The Morgan fingerprint density at radius 1 is 1.10 bits per heavy atom. The van der Waals surface area contributed by atoms with Crippen molar-refractivity contribution in [2.24, 2.45) is 7.05 Å². The number of anilines is 1. The minimum atomic E-state index is 0. The molecular weight excluding hydrogens is 439 g/mol. The summed E-state index contributed by atoms with van der Waals surface area (Å²) >= 11 is 0. The zero-order valence-corrected chi connectivity index (χ0v) is 18.3. The van der Waals surface area contributed by atoms with Gasteiger partial charge in [-0.25, -0.2) is 4.98 Å². The smallest absolute Gasteiger partial charge is 0.245 e. The van der Waals surface area contributed by atoms with Crippen molar-refractivity contribution in [3.05, 3.63) is 30.6 Å². The molecule has 29 heavy (non-hydrogen) atoms. The van der Waals surface area contributed by atoms with Gasteiger partial charge in [0.1, 0.15) is 17.1 Å². The molecule has 9 nitrogen and oxygen atoms in total. The number of phenols is 1. The van der Waals surface area contributed by atoms with E-state index in [1.807, 2.05) is 13.1 Å². The number of benzene rings is 1. The number of rotatable bonds is 4. The van der Waals surface area contributed by atoms with Crippen molar-refractivity contribution in [1.82, 2.24) is 35.5 Å². The van der Waals surface area contributed by atoms with Crippen LogP contribution in [0.3, 0.4) is 0 Å². The van der Waals surface area contributed by atoms with Crippen LogP contribution in [-0.4, -0.2) is 61.5 Å². The lowest BCUT2D eigenvalue weighted by Crippen LogP contribution is -2.30. The molecule has 0 radical (unpaired) electrons. The first-order chi connectivity index (χ1) is 12.6. The maximum atomic E-state index is 10.4. The second-order valence-electron chi connectivity index (χ2n) is 6.31. The van der Waals surface area contributed by atoms with Crippen molar-refractivity contribution in [3.8, 4) is 28.3 Å². The first-order valence-corrected chi connectivity index (χ1v) is 8.46. The van der Waals surface area contributed by atoms with Crippen LogP contribution >= 0.6 is 37.2 Å². The van der Waals surface area contributed by atoms with Crippen LogP contribution in [0, 0.1) is 0 Å². The number of nitrogens with zero attached hydrogens (tertiary/aromatic N) is 7. The van der Waals surface area contributed by atoms with Gasteiger partial charge in [-0.05, 0) is 25.6 Å². The molecule has 158 valence electrons. The fraction of sp³-hybridized carbons (Fsp3) is 0.353. The highest BCUT2D eigenvalue weighted by Gasteiger charge is 2.23. The predicted molar refractivity (Wildman–Crippen MR) is 118 cm³/mol. The number of phenolic OH excluding ortho intramolecular Hbond substituents is 1. The Kier molecular flexibility index (Phi) is 9.03. The van der Waals surface area contributed by atoms with Crippen molar-refractivity contribution < 1.29 is 5.11 Å². The third-order valence-corrected chi connectivity index (χ3v) is 4.60. The highest BCUT2D eigenvalue weighted by atomic mass is 35.5. The summed E-state index contributed by atoms with van der Waals surface area (Å²) in [6.45, 7) is 1.78. The largest absolute Gasteiger partial charge is 0.507 e. The lowest BCUT2D eigenvalue weighted by molar-refractivity contribution is 0.477. The second-order valence-corrected chi connectivity index (χ2v) is 6.31. The number of aromatic nitrogens is 6. The zero-order chi connectivity index (χ0) is 18.1. The Morgan fingerprint density at radius 2 is 1.90 bits per heavy atom. The van der Waals surface area contributed by atoms with Gasteiger partial charge in [-0.2, -0.15) is 15.0 Å². The van der Waals surface area contributed by atoms with E-state index in [1.54, 1.807) is 31.6 Å². The molecule has 1 unspecified atom stereocenters. The van der Waals surface area contributed by atoms with Gasteiger partial charge in [-0.1, -0.05) is 6.07 Å². The van der Waals surface area contributed by atoms with Gasteiger partial charge in [0.25, 0.3) is 0 Å². The normalized spacial score (nSPS) is 15.2. The molecule has 2 N–H and O–H groups in total. The molecule has 0 saturated carbocycles. The number of likely N-dealkylation sites (N-methyl/N-ethyl adjacent to an activating group) is 1. The topological polar surface area (TPSA) is 105 Å².